The molecule has 0 fully saturated rings. The lowest BCUT2D eigenvalue weighted by Gasteiger charge is -2.19. The van der Waals surface area contributed by atoms with Crippen LogP contribution < -0.4 is 14.8 Å². The molecule has 2 heterocycles. The molecule has 1 aromatic heterocycles. The summed E-state index contributed by atoms with van der Waals surface area (Å²) in [5.41, 5.74) is 3.61. The number of nitrogens with one attached hydrogen (secondary N) is 1. The van der Waals surface area contributed by atoms with E-state index < -0.39 is 0 Å². The number of carbonyl (C=O) groups is 1. The third-order valence-corrected chi connectivity index (χ3v) is 4.56. The van der Waals surface area contributed by atoms with E-state index in [4.69, 9.17) is 9.47 Å². The van der Waals surface area contributed by atoms with Gasteiger partial charge in [0.25, 0.3) is 0 Å². The Morgan fingerprint density at radius 3 is 2.52 bits per heavy atom. The predicted octanol–water partition coefficient (Wildman–Crippen LogP) is 3.16. The first-order valence-corrected chi connectivity index (χ1v) is 9.37. The highest BCUT2D eigenvalue weighted by atomic mass is 32.2. The van der Waals surface area contributed by atoms with Crippen molar-refractivity contribution < 1.29 is 14.3 Å². The van der Waals surface area contributed by atoms with Crippen LogP contribution in [-0.2, 0) is 11.2 Å². The highest BCUT2D eigenvalue weighted by Gasteiger charge is 2.14. The predicted molar refractivity (Wildman–Crippen MR) is 97.7 cm³/mol. The second-order valence-corrected chi connectivity index (χ2v) is 6.54. The first kappa shape index (κ1) is 17.5. The first-order chi connectivity index (χ1) is 12.1. The molecule has 1 aliphatic rings. The molecule has 0 spiro atoms. The van der Waals surface area contributed by atoms with E-state index in [1.165, 1.54) is 11.8 Å². The molecule has 0 saturated carbocycles. The third-order valence-electron chi connectivity index (χ3n) is 4.01. The number of benzene rings is 1. The Bertz CT molecular complexity index is 772. The van der Waals surface area contributed by atoms with Crippen molar-refractivity contribution in [2.24, 2.45) is 0 Å². The lowest BCUT2D eigenvalue weighted by Crippen LogP contribution is -2.17. The van der Waals surface area contributed by atoms with Gasteiger partial charge in [0.05, 0.1) is 0 Å². The van der Waals surface area contributed by atoms with Crippen LogP contribution in [0.15, 0.2) is 23.4 Å². The number of aryl methyl sites for hydroxylation is 2. The number of thioether (sulfide) groups is 1. The van der Waals surface area contributed by atoms with E-state index in [0.717, 1.165) is 22.1 Å². The van der Waals surface area contributed by atoms with Crippen LogP contribution in [0.5, 0.6) is 11.5 Å². The highest BCUT2D eigenvalue weighted by molar-refractivity contribution is 7.98. The summed E-state index contributed by atoms with van der Waals surface area (Å²) in [6.45, 7) is 4.99. The first-order valence-electron chi connectivity index (χ1n) is 8.14. The minimum Gasteiger partial charge on any atom is -0.486 e. The molecule has 132 valence electrons. The van der Waals surface area contributed by atoms with Crippen LogP contribution in [0, 0.1) is 13.8 Å². The Morgan fingerprint density at radius 2 is 1.84 bits per heavy atom. The largest absolute Gasteiger partial charge is 0.486 e. The molecule has 0 unspecified atom stereocenters. The molecule has 0 bridgehead atoms. The topological polar surface area (TPSA) is 73.3 Å². The molecule has 25 heavy (non-hydrogen) atoms. The molecule has 3 rings (SSSR count). The Hall–Kier alpha value is -2.28. The second-order valence-electron chi connectivity index (χ2n) is 5.77. The average Bonchev–Trinajstić information content (AvgIpc) is 2.60. The van der Waals surface area contributed by atoms with Crippen molar-refractivity contribution in [1.82, 2.24) is 9.97 Å². The molecule has 6 nitrogen and oxygen atoms in total. The van der Waals surface area contributed by atoms with Crippen molar-refractivity contribution in [2.45, 2.75) is 31.8 Å². The zero-order valence-electron chi connectivity index (χ0n) is 14.6. The maximum absolute atomic E-state index is 12.3. The van der Waals surface area contributed by atoms with E-state index in [2.05, 4.69) is 15.3 Å². The number of carbonyl (C=O) groups excluding carboxylic acids is 1. The quantitative estimate of drug-likeness (QED) is 0.653. The average molecular weight is 359 g/mol. The lowest BCUT2D eigenvalue weighted by molar-refractivity contribution is -0.116. The molecule has 1 aliphatic heterocycles. The van der Waals surface area contributed by atoms with E-state index in [9.17, 15) is 4.79 Å². The second kappa shape index (κ2) is 7.74. The van der Waals surface area contributed by atoms with Crippen molar-refractivity contribution in [2.75, 3.05) is 24.8 Å². The Balaban J connectivity index is 1.62. The van der Waals surface area contributed by atoms with Gasteiger partial charge in [-0.3, -0.25) is 4.79 Å². The number of fused-ring (bicyclic) bond motifs is 1. The smallest absolute Gasteiger partial charge is 0.224 e. The molecule has 0 atom stereocenters. The Morgan fingerprint density at radius 1 is 1.16 bits per heavy atom. The number of rotatable bonds is 5. The Labute approximate surface area is 151 Å². The standard InChI is InChI=1S/C18H21N3O3S/c1-11-14(12(2)20-18(19-11)25-3)5-7-17(22)21-13-4-6-15-16(10-13)24-9-8-23-15/h4,6,10H,5,7-9H2,1-3H3,(H,21,22). The molecule has 1 aromatic carbocycles. The number of aromatic nitrogens is 2. The van der Waals surface area contributed by atoms with Gasteiger partial charge in [-0.15, -0.1) is 0 Å². The monoisotopic (exact) mass is 359 g/mol. The Kier molecular flexibility index (Phi) is 5.43. The summed E-state index contributed by atoms with van der Waals surface area (Å²) in [4.78, 5) is 21.2. The van der Waals surface area contributed by atoms with E-state index in [0.29, 0.717) is 43.2 Å². The highest BCUT2D eigenvalue weighted by Crippen LogP contribution is 2.32. The van der Waals surface area contributed by atoms with Crippen molar-refractivity contribution in [3.05, 3.63) is 35.2 Å². The lowest BCUT2D eigenvalue weighted by atomic mass is 10.1. The molecule has 0 radical (unpaired) electrons. The van der Waals surface area contributed by atoms with Crippen LogP contribution in [0.25, 0.3) is 0 Å². The van der Waals surface area contributed by atoms with Gasteiger partial charge in [0.1, 0.15) is 13.2 Å². The summed E-state index contributed by atoms with van der Waals surface area (Å²) >= 11 is 1.52. The van der Waals surface area contributed by atoms with Gasteiger partial charge in [-0.05, 0) is 44.2 Å². The molecule has 2 aromatic rings. The molecular formula is C18H21N3O3S. The minimum absolute atomic E-state index is 0.0515. The van der Waals surface area contributed by atoms with Crippen molar-refractivity contribution in [1.29, 1.82) is 0 Å². The van der Waals surface area contributed by atoms with Crippen LogP contribution in [0.3, 0.4) is 0 Å². The van der Waals surface area contributed by atoms with E-state index in [-0.39, 0.29) is 5.91 Å². The van der Waals surface area contributed by atoms with Crippen LogP contribution in [-0.4, -0.2) is 35.3 Å². The van der Waals surface area contributed by atoms with Gasteiger partial charge in [-0.25, -0.2) is 9.97 Å². The molecule has 1 N–H and O–H groups in total. The summed E-state index contributed by atoms with van der Waals surface area (Å²) < 4.78 is 11.0. The fraction of sp³-hybridized carbons (Fsp3) is 0.389. The fourth-order valence-corrected chi connectivity index (χ4v) is 3.20. The van der Waals surface area contributed by atoms with E-state index >= 15 is 0 Å². The van der Waals surface area contributed by atoms with Gasteiger partial charge in [0, 0.05) is 29.6 Å². The third kappa shape index (κ3) is 4.22. The van der Waals surface area contributed by atoms with Gasteiger partial charge in [0.15, 0.2) is 16.7 Å². The maximum atomic E-state index is 12.3. The molecule has 7 heteroatoms. The van der Waals surface area contributed by atoms with Gasteiger partial charge in [0.2, 0.25) is 5.91 Å². The van der Waals surface area contributed by atoms with Crippen LogP contribution in [0.1, 0.15) is 23.4 Å². The number of hydrogen-bond acceptors (Lipinski definition) is 6. The number of anilines is 1. The van der Waals surface area contributed by atoms with Crippen molar-refractivity contribution >= 4 is 23.4 Å². The number of ether oxygens (including phenoxy) is 2. The molecule has 1 amide bonds. The minimum atomic E-state index is -0.0515. The van der Waals surface area contributed by atoms with Crippen LogP contribution in [0.2, 0.25) is 0 Å². The van der Waals surface area contributed by atoms with Gasteiger partial charge >= 0.3 is 0 Å². The molecule has 0 saturated heterocycles. The van der Waals surface area contributed by atoms with E-state index in [1.54, 1.807) is 6.07 Å². The van der Waals surface area contributed by atoms with Crippen molar-refractivity contribution in [3.63, 3.8) is 0 Å². The number of amides is 1. The number of hydrogen-bond donors (Lipinski definition) is 1. The van der Waals surface area contributed by atoms with Gasteiger partial charge in [-0.1, -0.05) is 11.8 Å². The zero-order valence-corrected chi connectivity index (χ0v) is 15.4. The van der Waals surface area contributed by atoms with Crippen LogP contribution in [0.4, 0.5) is 5.69 Å². The zero-order chi connectivity index (χ0) is 17.8. The summed E-state index contributed by atoms with van der Waals surface area (Å²) in [7, 11) is 0. The van der Waals surface area contributed by atoms with Crippen molar-refractivity contribution in [3.8, 4) is 11.5 Å². The summed E-state index contributed by atoms with van der Waals surface area (Å²) in [6, 6.07) is 5.42. The van der Waals surface area contributed by atoms with Gasteiger partial charge in [-0.2, -0.15) is 0 Å². The van der Waals surface area contributed by atoms with Crippen LogP contribution >= 0.6 is 11.8 Å². The normalized spacial score (nSPS) is 12.8. The van der Waals surface area contributed by atoms with E-state index in [1.807, 2.05) is 32.2 Å². The fourth-order valence-electron chi connectivity index (χ4n) is 2.74. The molecule has 0 aliphatic carbocycles. The summed E-state index contributed by atoms with van der Waals surface area (Å²) in [6.07, 6.45) is 2.94. The SMILES string of the molecule is CSc1nc(C)c(CCC(=O)Nc2ccc3c(c2)OCCO3)c(C)n1. The molecular weight excluding hydrogens is 338 g/mol. The van der Waals surface area contributed by atoms with Gasteiger partial charge < -0.3 is 14.8 Å². The maximum Gasteiger partial charge on any atom is 0.224 e. The summed E-state index contributed by atoms with van der Waals surface area (Å²) in [5, 5.41) is 3.67. The number of nitrogens with zero attached hydrogens (tertiary/aromatic N) is 2. The summed E-state index contributed by atoms with van der Waals surface area (Å²) in [5.74, 6) is 1.32.